The van der Waals surface area contributed by atoms with Crippen LogP contribution in [0.25, 0.3) is 77.2 Å². The van der Waals surface area contributed by atoms with Gasteiger partial charge in [0.2, 0.25) is 0 Å². The molecular formula is C45H25N5. The summed E-state index contributed by atoms with van der Waals surface area (Å²) in [5.41, 5.74) is 10.8. The molecule has 9 rings (SSSR count). The number of benzene rings is 7. The van der Waals surface area contributed by atoms with Crippen molar-refractivity contribution in [1.82, 2.24) is 9.13 Å². The van der Waals surface area contributed by atoms with E-state index in [2.05, 4.69) is 112 Å². The third-order valence-electron chi connectivity index (χ3n) is 9.65. The van der Waals surface area contributed by atoms with Gasteiger partial charge in [0, 0.05) is 32.8 Å². The topological polar surface area (TPSA) is 81.2 Å². The van der Waals surface area contributed by atoms with E-state index in [1.165, 1.54) is 21.8 Å². The average Bonchev–Trinajstić information content (AvgIpc) is 3.70. The molecule has 2 heterocycles. The number of nitrogens with zero attached hydrogens (tertiary/aromatic N) is 5. The van der Waals surface area contributed by atoms with E-state index in [-0.39, 0.29) is 0 Å². The van der Waals surface area contributed by atoms with Crippen molar-refractivity contribution in [2.75, 3.05) is 0 Å². The van der Waals surface area contributed by atoms with Crippen LogP contribution < -0.4 is 0 Å². The normalized spacial score (nSPS) is 11.1. The Balaban J connectivity index is 1.21. The number of aromatic nitrogens is 2. The Hall–Kier alpha value is -7.39. The van der Waals surface area contributed by atoms with Gasteiger partial charge < -0.3 is 9.13 Å². The van der Waals surface area contributed by atoms with Gasteiger partial charge in [-0.05, 0) is 77.4 Å². The molecule has 0 spiro atoms. The molecule has 9 aromatic rings. The molecule has 0 atom stereocenters. The van der Waals surface area contributed by atoms with Crippen molar-refractivity contribution in [2.24, 2.45) is 0 Å². The SMILES string of the molecule is N#Cc1ccc2c(c1)c1ccccc1n2-c1c(-c2cccc(-c3ccc(-n4c5ccccc5c5ccccc54)cc3)c2)ccc(C#N)c1C#N. The molecule has 7 aromatic carbocycles. The maximum absolute atomic E-state index is 10.5. The second-order valence-electron chi connectivity index (χ2n) is 12.3. The van der Waals surface area contributed by atoms with E-state index in [4.69, 9.17) is 0 Å². The predicted molar refractivity (Wildman–Crippen MR) is 200 cm³/mol. The molecule has 5 nitrogen and oxygen atoms in total. The van der Waals surface area contributed by atoms with Crippen LogP contribution >= 0.6 is 0 Å². The zero-order valence-electron chi connectivity index (χ0n) is 26.7. The van der Waals surface area contributed by atoms with E-state index in [9.17, 15) is 15.8 Å². The van der Waals surface area contributed by atoms with Crippen molar-refractivity contribution in [3.8, 4) is 51.8 Å². The molecule has 0 amide bonds. The molecule has 0 saturated heterocycles. The summed E-state index contributed by atoms with van der Waals surface area (Å²) in [7, 11) is 0. The maximum atomic E-state index is 10.5. The summed E-state index contributed by atoms with van der Waals surface area (Å²) >= 11 is 0. The first-order chi connectivity index (χ1) is 24.7. The summed E-state index contributed by atoms with van der Waals surface area (Å²) in [5, 5.41) is 34.6. The molecule has 0 unspecified atom stereocenters. The largest absolute Gasteiger partial charge is 0.309 e. The lowest BCUT2D eigenvalue weighted by Crippen LogP contribution is -2.03. The monoisotopic (exact) mass is 635 g/mol. The molecule has 0 aliphatic heterocycles. The fourth-order valence-corrected chi connectivity index (χ4v) is 7.42. The minimum absolute atomic E-state index is 0.304. The summed E-state index contributed by atoms with van der Waals surface area (Å²) in [6.07, 6.45) is 0. The molecule has 0 N–H and O–H groups in total. The summed E-state index contributed by atoms with van der Waals surface area (Å²) < 4.78 is 4.37. The van der Waals surface area contributed by atoms with Gasteiger partial charge in [-0.25, -0.2) is 0 Å². The van der Waals surface area contributed by atoms with Crippen LogP contribution in [0.3, 0.4) is 0 Å². The van der Waals surface area contributed by atoms with Gasteiger partial charge in [0.1, 0.15) is 12.1 Å². The summed E-state index contributed by atoms with van der Waals surface area (Å²) in [6.45, 7) is 0. The van der Waals surface area contributed by atoms with Crippen LogP contribution in [0.1, 0.15) is 16.7 Å². The number of fused-ring (bicyclic) bond motifs is 6. The van der Waals surface area contributed by atoms with Crippen LogP contribution in [0.2, 0.25) is 0 Å². The number of rotatable bonds is 4. The van der Waals surface area contributed by atoms with Gasteiger partial charge in [0.15, 0.2) is 0 Å². The Morgan fingerprint density at radius 1 is 0.400 bits per heavy atom. The van der Waals surface area contributed by atoms with E-state index in [0.717, 1.165) is 49.7 Å². The lowest BCUT2D eigenvalue weighted by atomic mass is 9.94. The van der Waals surface area contributed by atoms with Crippen molar-refractivity contribution in [3.05, 3.63) is 168 Å². The number of hydrogen-bond donors (Lipinski definition) is 0. The van der Waals surface area contributed by atoms with Crippen LogP contribution in [0.5, 0.6) is 0 Å². The van der Waals surface area contributed by atoms with Gasteiger partial charge in [-0.15, -0.1) is 0 Å². The summed E-state index contributed by atoms with van der Waals surface area (Å²) in [6, 6.07) is 58.0. The Morgan fingerprint density at radius 3 is 1.64 bits per heavy atom. The van der Waals surface area contributed by atoms with Crippen LogP contribution in [-0.2, 0) is 0 Å². The minimum Gasteiger partial charge on any atom is -0.309 e. The molecule has 0 aliphatic carbocycles. The van der Waals surface area contributed by atoms with Crippen molar-refractivity contribution in [2.45, 2.75) is 0 Å². The molecular weight excluding hydrogens is 611 g/mol. The van der Waals surface area contributed by atoms with Gasteiger partial charge >= 0.3 is 0 Å². The molecule has 50 heavy (non-hydrogen) atoms. The van der Waals surface area contributed by atoms with E-state index in [1.54, 1.807) is 12.1 Å². The molecule has 2 aromatic heterocycles. The first-order valence-electron chi connectivity index (χ1n) is 16.3. The second kappa shape index (κ2) is 11.4. The smallest absolute Gasteiger partial charge is 0.103 e. The van der Waals surface area contributed by atoms with Gasteiger partial charge in [0.25, 0.3) is 0 Å². The lowest BCUT2D eigenvalue weighted by Gasteiger charge is -2.17. The lowest BCUT2D eigenvalue weighted by molar-refractivity contribution is 1.16. The zero-order valence-corrected chi connectivity index (χ0v) is 26.7. The Morgan fingerprint density at radius 2 is 1.00 bits per heavy atom. The first kappa shape index (κ1) is 28.8. The molecule has 5 heteroatoms. The highest BCUT2D eigenvalue weighted by Crippen LogP contribution is 2.40. The first-order valence-corrected chi connectivity index (χ1v) is 16.3. The van der Waals surface area contributed by atoms with Crippen molar-refractivity contribution in [1.29, 1.82) is 15.8 Å². The molecule has 0 aliphatic rings. The van der Waals surface area contributed by atoms with E-state index < -0.39 is 0 Å². The molecule has 0 bridgehead atoms. The molecule has 230 valence electrons. The number of hydrogen-bond acceptors (Lipinski definition) is 3. The van der Waals surface area contributed by atoms with E-state index >= 15 is 0 Å². The number of nitriles is 3. The average molecular weight is 636 g/mol. The summed E-state index contributed by atoms with van der Waals surface area (Å²) in [4.78, 5) is 0. The Bertz CT molecular complexity index is 2900. The standard InChI is InChI=1S/C45H25N5/c46-26-29-16-23-44-39(24-29)38-12-3-6-15-43(38)50(44)45-35(22-19-33(27-47)40(45)28-48)32-9-7-8-31(25-32)30-17-20-34(21-18-30)49-41-13-4-1-10-36(41)37-11-2-5-14-42(37)49/h1-25H. The fourth-order valence-electron chi connectivity index (χ4n) is 7.42. The fraction of sp³-hybridized carbons (Fsp3) is 0. The molecule has 0 saturated carbocycles. The van der Waals surface area contributed by atoms with Crippen molar-refractivity contribution < 1.29 is 0 Å². The van der Waals surface area contributed by atoms with Gasteiger partial charge in [-0.3, -0.25) is 0 Å². The maximum Gasteiger partial charge on any atom is 0.103 e. The van der Waals surface area contributed by atoms with Gasteiger partial charge in [-0.2, -0.15) is 15.8 Å². The van der Waals surface area contributed by atoms with Crippen molar-refractivity contribution in [3.63, 3.8) is 0 Å². The quantitative estimate of drug-likeness (QED) is 0.193. The molecule has 0 fully saturated rings. The third-order valence-corrected chi connectivity index (χ3v) is 9.65. The second-order valence-corrected chi connectivity index (χ2v) is 12.3. The van der Waals surface area contributed by atoms with Crippen molar-refractivity contribution >= 4 is 43.6 Å². The van der Waals surface area contributed by atoms with Crippen LogP contribution in [0, 0.1) is 34.0 Å². The highest BCUT2D eigenvalue weighted by atomic mass is 15.0. The third kappa shape index (κ3) is 4.31. The summed E-state index contributed by atoms with van der Waals surface area (Å²) in [5.74, 6) is 0. The van der Waals surface area contributed by atoms with Gasteiger partial charge in [-0.1, -0.05) is 91.0 Å². The van der Waals surface area contributed by atoms with Crippen LogP contribution in [0.15, 0.2) is 152 Å². The number of para-hydroxylation sites is 3. The predicted octanol–water partition coefficient (Wildman–Crippen LogP) is 10.8. The van der Waals surface area contributed by atoms with Crippen LogP contribution in [0.4, 0.5) is 0 Å². The van der Waals surface area contributed by atoms with E-state index in [1.807, 2.05) is 54.6 Å². The van der Waals surface area contributed by atoms with Gasteiger partial charge in [0.05, 0.1) is 50.5 Å². The van der Waals surface area contributed by atoms with E-state index in [0.29, 0.717) is 22.4 Å². The zero-order chi connectivity index (χ0) is 33.8. The highest BCUT2D eigenvalue weighted by Gasteiger charge is 2.22. The Kier molecular flexibility index (Phi) is 6.56. The van der Waals surface area contributed by atoms with Crippen LogP contribution in [-0.4, -0.2) is 9.13 Å². The molecule has 0 radical (unpaired) electrons. The highest BCUT2D eigenvalue weighted by molar-refractivity contribution is 6.11. The Labute approximate surface area is 287 Å². The minimum atomic E-state index is 0.304.